The van der Waals surface area contributed by atoms with Crippen molar-refractivity contribution in [2.45, 2.75) is 32.2 Å². The molecule has 1 aliphatic heterocycles. The summed E-state index contributed by atoms with van der Waals surface area (Å²) in [4.78, 5) is 18.5. The van der Waals surface area contributed by atoms with E-state index in [-0.39, 0.29) is 11.4 Å². The molecular formula is C14H28N4OS. The van der Waals surface area contributed by atoms with E-state index in [1.807, 2.05) is 0 Å². The summed E-state index contributed by atoms with van der Waals surface area (Å²) in [6.07, 6.45) is 1.56. The van der Waals surface area contributed by atoms with Gasteiger partial charge in [-0.3, -0.25) is 9.69 Å². The Hall–Kier alpha value is -0.720. The fraction of sp³-hybridized carbons (Fsp3) is 0.857. The summed E-state index contributed by atoms with van der Waals surface area (Å²) in [7, 11) is 3.61. The van der Waals surface area contributed by atoms with Crippen molar-refractivity contribution in [3.63, 3.8) is 0 Å². The highest BCUT2D eigenvalue weighted by Crippen LogP contribution is 2.17. The van der Waals surface area contributed by atoms with Gasteiger partial charge in [-0.15, -0.1) is 0 Å². The van der Waals surface area contributed by atoms with E-state index in [9.17, 15) is 4.79 Å². The standard InChI is InChI=1S/C14H28N4OS/c1-14(2,13(15)20)18-10-8-17(9-11-18)7-5-6-12(19)16(3)4/h5-11H2,1-4H3,(H2,15,20). The average molecular weight is 300 g/mol. The van der Waals surface area contributed by atoms with Crippen molar-refractivity contribution in [1.82, 2.24) is 14.7 Å². The zero-order valence-electron chi connectivity index (χ0n) is 13.2. The smallest absolute Gasteiger partial charge is 0.222 e. The van der Waals surface area contributed by atoms with Gasteiger partial charge in [-0.2, -0.15) is 0 Å². The minimum Gasteiger partial charge on any atom is -0.392 e. The molecule has 0 aromatic carbocycles. The minimum absolute atomic E-state index is 0.206. The van der Waals surface area contributed by atoms with Crippen LogP contribution in [-0.2, 0) is 4.79 Å². The molecule has 1 heterocycles. The molecule has 0 saturated carbocycles. The zero-order chi connectivity index (χ0) is 15.3. The highest BCUT2D eigenvalue weighted by molar-refractivity contribution is 7.80. The molecule has 0 aromatic rings. The molecule has 0 bridgehead atoms. The van der Waals surface area contributed by atoms with Gasteiger partial charge in [0.1, 0.15) is 0 Å². The molecule has 1 fully saturated rings. The van der Waals surface area contributed by atoms with Crippen LogP contribution in [0.1, 0.15) is 26.7 Å². The van der Waals surface area contributed by atoms with Crippen molar-refractivity contribution < 1.29 is 4.79 Å². The van der Waals surface area contributed by atoms with E-state index in [0.29, 0.717) is 11.4 Å². The first kappa shape index (κ1) is 17.3. The molecule has 1 rings (SSSR count). The maximum Gasteiger partial charge on any atom is 0.222 e. The summed E-state index contributed by atoms with van der Waals surface area (Å²) in [5.74, 6) is 0.207. The van der Waals surface area contributed by atoms with Gasteiger partial charge in [0.25, 0.3) is 0 Å². The van der Waals surface area contributed by atoms with E-state index in [1.54, 1.807) is 19.0 Å². The first-order valence-corrected chi connectivity index (χ1v) is 7.63. The Morgan fingerprint density at radius 2 is 1.80 bits per heavy atom. The Kier molecular flexibility index (Phi) is 6.36. The second-order valence-electron chi connectivity index (χ2n) is 6.14. The maximum absolute atomic E-state index is 11.5. The van der Waals surface area contributed by atoms with Gasteiger partial charge in [0.05, 0.1) is 10.5 Å². The number of hydrogen-bond donors (Lipinski definition) is 1. The molecule has 1 amide bonds. The van der Waals surface area contributed by atoms with Gasteiger partial charge in [-0.05, 0) is 26.8 Å². The first-order valence-electron chi connectivity index (χ1n) is 7.22. The van der Waals surface area contributed by atoms with E-state index in [4.69, 9.17) is 18.0 Å². The van der Waals surface area contributed by atoms with Crippen LogP contribution in [0.2, 0.25) is 0 Å². The lowest BCUT2D eigenvalue weighted by Crippen LogP contribution is -2.59. The van der Waals surface area contributed by atoms with E-state index in [2.05, 4.69) is 23.6 Å². The second kappa shape index (κ2) is 7.33. The maximum atomic E-state index is 11.5. The number of rotatable bonds is 6. The van der Waals surface area contributed by atoms with Crippen LogP contribution in [-0.4, -0.2) is 78.0 Å². The Morgan fingerprint density at radius 3 is 2.25 bits per heavy atom. The number of nitrogens with two attached hydrogens (primary N) is 1. The third-order valence-electron chi connectivity index (χ3n) is 4.13. The molecule has 1 aliphatic rings. The largest absolute Gasteiger partial charge is 0.392 e. The summed E-state index contributed by atoms with van der Waals surface area (Å²) < 4.78 is 0. The second-order valence-corrected chi connectivity index (χ2v) is 6.58. The highest BCUT2D eigenvalue weighted by Gasteiger charge is 2.32. The Morgan fingerprint density at radius 1 is 1.25 bits per heavy atom. The van der Waals surface area contributed by atoms with Gasteiger partial charge >= 0.3 is 0 Å². The number of amides is 1. The van der Waals surface area contributed by atoms with Crippen molar-refractivity contribution in [3.05, 3.63) is 0 Å². The van der Waals surface area contributed by atoms with Gasteiger partial charge in [-0.1, -0.05) is 12.2 Å². The summed E-state index contributed by atoms with van der Waals surface area (Å²) in [6.45, 7) is 9.14. The lowest BCUT2D eigenvalue weighted by molar-refractivity contribution is -0.128. The lowest BCUT2D eigenvalue weighted by Gasteiger charge is -2.43. The van der Waals surface area contributed by atoms with E-state index in [1.165, 1.54) is 0 Å². The summed E-state index contributed by atoms with van der Waals surface area (Å²) in [5.41, 5.74) is 5.61. The molecule has 6 heteroatoms. The number of nitrogens with zero attached hydrogens (tertiary/aromatic N) is 3. The van der Waals surface area contributed by atoms with Crippen LogP contribution in [0.4, 0.5) is 0 Å². The topological polar surface area (TPSA) is 52.8 Å². The van der Waals surface area contributed by atoms with Crippen molar-refractivity contribution in [2.75, 3.05) is 46.8 Å². The molecule has 0 atom stereocenters. The Labute approximate surface area is 128 Å². The predicted molar refractivity (Wildman–Crippen MR) is 86.8 cm³/mol. The molecule has 0 unspecified atom stereocenters. The first-order chi connectivity index (χ1) is 9.25. The van der Waals surface area contributed by atoms with Crippen molar-refractivity contribution in [3.8, 4) is 0 Å². The van der Waals surface area contributed by atoms with Crippen LogP contribution >= 0.6 is 12.2 Å². The van der Waals surface area contributed by atoms with Crippen LogP contribution in [0, 0.1) is 0 Å². The van der Waals surface area contributed by atoms with Crippen molar-refractivity contribution >= 4 is 23.1 Å². The molecule has 0 spiro atoms. The highest BCUT2D eigenvalue weighted by atomic mass is 32.1. The lowest BCUT2D eigenvalue weighted by atomic mass is 10.0. The van der Waals surface area contributed by atoms with Gasteiger partial charge in [0, 0.05) is 46.7 Å². The molecule has 0 aromatic heterocycles. The van der Waals surface area contributed by atoms with Gasteiger partial charge < -0.3 is 15.5 Å². The predicted octanol–water partition coefficient (Wildman–Crippen LogP) is 0.537. The molecular weight excluding hydrogens is 272 g/mol. The molecule has 20 heavy (non-hydrogen) atoms. The van der Waals surface area contributed by atoms with Gasteiger partial charge in [0.2, 0.25) is 5.91 Å². The fourth-order valence-corrected chi connectivity index (χ4v) is 2.49. The average Bonchev–Trinajstić information content (AvgIpc) is 2.38. The number of carbonyl (C=O) groups is 1. The van der Waals surface area contributed by atoms with Crippen molar-refractivity contribution in [2.24, 2.45) is 5.73 Å². The van der Waals surface area contributed by atoms with Crippen molar-refractivity contribution in [1.29, 1.82) is 0 Å². The zero-order valence-corrected chi connectivity index (χ0v) is 14.0. The van der Waals surface area contributed by atoms with Crippen LogP contribution in [0.25, 0.3) is 0 Å². The minimum atomic E-state index is -0.206. The van der Waals surface area contributed by atoms with Crippen LogP contribution < -0.4 is 5.73 Å². The van der Waals surface area contributed by atoms with E-state index < -0.39 is 0 Å². The quantitative estimate of drug-likeness (QED) is 0.726. The van der Waals surface area contributed by atoms with E-state index >= 15 is 0 Å². The number of carbonyl (C=O) groups excluding carboxylic acids is 1. The number of hydrogen-bond acceptors (Lipinski definition) is 4. The van der Waals surface area contributed by atoms with Gasteiger partial charge in [0.15, 0.2) is 0 Å². The molecule has 2 N–H and O–H groups in total. The Balaban J connectivity index is 2.29. The summed E-state index contributed by atoms with van der Waals surface area (Å²) >= 11 is 5.15. The fourth-order valence-electron chi connectivity index (χ4n) is 2.36. The third kappa shape index (κ3) is 4.68. The summed E-state index contributed by atoms with van der Waals surface area (Å²) in [5, 5.41) is 0. The van der Waals surface area contributed by atoms with E-state index in [0.717, 1.165) is 39.1 Å². The Bertz CT molecular complexity index is 349. The molecule has 0 radical (unpaired) electrons. The number of piperazine rings is 1. The third-order valence-corrected chi connectivity index (χ3v) is 4.63. The molecule has 116 valence electrons. The van der Waals surface area contributed by atoms with Crippen LogP contribution in [0.5, 0.6) is 0 Å². The molecule has 0 aliphatic carbocycles. The molecule has 5 nitrogen and oxygen atoms in total. The summed E-state index contributed by atoms with van der Waals surface area (Å²) in [6, 6.07) is 0. The monoisotopic (exact) mass is 300 g/mol. The van der Waals surface area contributed by atoms with Gasteiger partial charge in [-0.25, -0.2) is 0 Å². The van der Waals surface area contributed by atoms with Crippen LogP contribution in [0.3, 0.4) is 0 Å². The SMILES string of the molecule is CN(C)C(=O)CCCN1CCN(C(C)(C)C(N)=S)CC1. The van der Waals surface area contributed by atoms with Crippen LogP contribution in [0.15, 0.2) is 0 Å². The normalized spacial score (nSPS) is 18.0. The molecule has 1 saturated heterocycles. The number of thiocarbonyl (C=S) groups is 1.